The van der Waals surface area contributed by atoms with Crippen molar-refractivity contribution in [3.63, 3.8) is 0 Å². The van der Waals surface area contributed by atoms with E-state index in [0.717, 1.165) is 62.3 Å². The van der Waals surface area contributed by atoms with E-state index in [1.165, 1.54) is 20.8 Å². The van der Waals surface area contributed by atoms with Gasteiger partial charge in [-0.1, -0.05) is 0 Å². The van der Waals surface area contributed by atoms with Crippen LogP contribution in [-0.2, 0) is 185 Å². The van der Waals surface area contributed by atoms with Crippen LogP contribution in [0.2, 0.25) is 0 Å². The summed E-state index contributed by atoms with van der Waals surface area (Å²) in [6.45, 7) is 17.5. The Balaban J connectivity index is 1.52. The topological polar surface area (TPSA) is 597 Å². The molecule has 0 aromatic rings. The number of esters is 9. The van der Waals surface area contributed by atoms with Crippen LogP contribution in [0.5, 0.6) is 0 Å². The van der Waals surface area contributed by atoms with Crippen LogP contribution in [0.3, 0.4) is 0 Å². The molecule has 48 nitrogen and oxygen atoms in total. The molecule has 3 heterocycles. The van der Waals surface area contributed by atoms with Gasteiger partial charge in [0.15, 0.2) is 55.5 Å². The van der Waals surface area contributed by atoms with Gasteiger partial charge >= 0.3 is 53.7 Å². The van der Waals surface area contributed by atoms with Crippen LogP contribution in [0.15, 0.2) is 0 Å². The van der Waals surface area contributed by atoms with Crippen molar-refractivity contribution < 1.29 is 185 Å². The number of rotatable bonds is 61. The first kappa shape index (κ1) is 115. The van der Waals surface area contributed by atoms with Crippen LogP contribution >= 0.6 is 8.53 Å². The highest BCUT2D eigenvalue weighted by atomic mass is 31.2. The minimum atomic E-state index is -1.62. The lowest BCUT2D eigenvalue weighted by atomic mass is 9.86. The molecule has 3 aliphatic heterocycles. The Morgan fingerprint density at radius 1 is 0.386 bits per heavy atom. The molecule has 7 N–H and O–H groups in total. The third kappa shape index (κ3) is 45.2. The Morgan fingerprint density at radius 2 is 0.689 bits per heavy atom. The smallest absolute Gasteiger partial charge is 0.303 e. The summed E-state index contributed by atoms with van der Waals surface area (Å²) in [4.78, 5) is 202. The van der Waals surface area contributed by atoms with Crippen LogP contribution in [0.4, 0.5) is 0 Å². The lowest BCUT2D eigenvalue weighted by Crippen LogP contribution is -2.66. The molecule has 49 heteroatoms. The molecule has 7 amide bonds. The first-order chi connectivity index (χ1) is 62.6. The van der Waals surface area contributed by atoms with Crippen molar-refractivity contribution in [1.29, 1.82) is 5.26 Å². The lowest BCUT2D eigenvalue weighted by Gasteiger charge is -2.44. The second-order valence-electron chi connectivity index (χ2n) is 31.5. The maximum absolute atomic E-state index is 14.9. The molecule has 4 rings (SSSR count). The number of hydrogen-bond donors (Lipinski definition) is 7. The van der Waals surface area contributed by atoms with E-state index in [2.05, 4.69) is 48.0 Å². The van der Waals surface area contributed by atoms with Crippen molar-refractivity contribution in [3.05, 3.63) is 0 Å². The van der Waals surface area contributed by atoms with Gasteiger partial charge in [0, 0.05) is 140 Å². The van der Waals surface area contributed by atoms with Crippen LogP contribution in [0.1, 0.15) is 162 Å². The number of nitriles is 1. The third-order valence-electron chi connectivity index (χ3n) is 19.3. The zero-order valence-corrected chi connectivity index (χ0v) is 78.8. The van der Waals surface area contributed by atoms with E-state index in [-0.39, 0.29) is 169 Å². The van der Waals surface area contributed by atoms with Crippen LogP contribution < -0.4 is 37.2 Å². The third-order valence-corrected chi connectivity index (χ3v) is 21.5. The summed E-state index contributed by atoms with van der Waals surface area (Å²) in [6.07, 6.45) is -15.1. The fourth-order valence-corrected chi connectivity index (χ4v) is 15.8. The molecule has 0 radical (unpaired) electrons. The maximum Gasteiger partial charge on any atom is 0.303 e. The largest absolute Gasteiger partial charge is 0.463 e. The van der Waals surface area contributed by atoms with Gasteiger partial charge in [0.2, 0.25) is 41.4 Å². The average molecular weight is 1910 g/mol. The van der Waals surface area contributed by atoms with Crippen LogP contribution in [0, 0.1) is 17.2 Å². The molecule has 3 saturated heterocycles. The Labute approximate surface area is 768 Å². The summed E-state index contributed by atoms with van der Waals surface area (Å²) in [6, 6.07) is -1.55. The number of nitrogens with one attached hydrogen (secondary N) is 7. The van der Waals surface area contributed by atoms with Crippen molar-refractivity contribution in [2.24, 2.45) is 5.92 Å². The van der Waals surface area contributed by atoms with Crippen LogP contribution in [-0.4, -0.2) is 361 Å². The van der Waals surface area contributed by atoms with Gasteiger partial charge in [-0.15, -0.1) is 0 Å². The summed E-state index contributed by atoms with van der Waals surface area (Å²) in [7, 11) is -1.62. The quantitative estimate of drug-likeness (QED) is 0.0172. The molecule has 4 aliphatic rings. The second-order valence-corrected chi connectivity index (χ2v) is 32.9. The molecule has 1 saturated carbocycles. The number of carbonyl (C=O) groups is 16. The Bertz CT molecular complexity index is 3400. The number of nitrogens with zero attached hydrogens (tertiary/aromatic N) is 2. The van der Waals surface area contributed by atoms with Crippen molar-refractivity contribution in [1.82, 2.24) is 41.9 Å². The predicted octanol–water partition coefficient (Wildman–Crippen LogP) is -0.671. The van der Waals surface area contributed by atoms with Gasteiger partial charge in [-0.25, -0.2) is 4.67 Å². The highest BCUT2D eigenvalue weighted by molar-refractivity contribution is 7.44. The lowest BCUT2D eigenvalue weighted by molar-refractivity contribution is -0.279. The molecule has 0 bridgehead atoms. The van der Waals surface area contributed by atoms with Gasteiger partial charge in [0.1, 0.15) is 61.8 Å². The number of carbonyl (C=O) groups excluding carboxylic acids is 16. The first-order valence-corrected chi connectivity index (χ1v) is 44.7. The molecular weight excluding hydrogens is 1780 g/mol. The highest BCUT2D eigenvalue weighted by Gasteiger charge is 2.55. The van der Waals surface area contributed by atoms with Gasteiger partial charge < -0.3 is 146 Å². The van der Waals surface area contributed by atoms with E-state index in [1.807, 2.05) is 27.7 Å². The minimum absolute atomic E-state index is 0.0171. The van der Waals surface area contributed by atoms with Crippen molar-refractivity contribution in [2.45, 2.75) is 278 Å². The second kappa shape index (κ2) is 62.4. The molecule has 16 unspecified atom stereocenters. The maximum atomic E-state index is 14.9. The van der Waals surface area contributed by atoms with E-state index in [9.17, 15) is 82.0 Å². The number of hydrogen-bond acceptors (Lipinski definition) is 41. The van der Waals surface area contributed by atoms with Gasteiger partial charge in [0.25, 0.3) is 8.53 Å². The zero-order valence-electron chi connectivity index (χ0n) is 77.9. The predicted molar refractivity (Wildman–Crippen MR) is 451 cm³/mol. The molecule has 750 valence electrons. The molecule has 0 aromatic heterocycles. The van der Waals surface area contributed by atoms with Gasteiger partial charge in [-0.05, 0) is 53.4 Å². The Morgan fingerprint density at radius 3 is 0.962 bits per heavy atom. The molecule has 1 aliphatic carbocycles. The summed E-state index contributed by atoms with van der Waals surface area (Å²) in [5.41, 5.74) is -1.59. The molecule has 4 fully saturated rings. The fourth-order valence-electron chi connectivity index (χ4n) is 14.1. The molecule has 0 aromatic carbocycles. The van der Waals surface area contributed by atoms with Gasteiger partial charge in [-0.3, -0.25) is 76.7 Å². The molecule has 0 spiro atoms. The van der Waals surface area contributed by atoms with E-state index >= 15 is 0 Å². The van der Waals surface area contributed by atoms with E-state index < -0.39 is 227 Å². The van der Waals surface area contributed by atoms with Crippen LogP contribution in [0.25, 0.3) is 0 Å². The fraction of sp³-hybridized carbons (Fsp3) is 0.795. The first-order valence-electron chi connectivity index (χ1n) is 43.5. The SMILES string of the molecule is CC(=O)NC1C(OCCOCCNC(=O)CCOCC(COCCC(=O)NCCOCCOC2OC(COC(C)=O)C(OC(C)=O)C(OC(C)=O)C2NC(C)=O)(COCCC(=O)NCCOCCOC2OC(COC(C)=O)C(OC(C)=O)C(OC(C)=O)C2NC(C)=O)NC(=O)C2CCC(OP(OCCC#N)N(C(C)C)C(C)C)CC2)OC(COC(C)=O)C(OC(C)=O)C1OC(C)=O. The monoisotopic (exact) mass is 1910 g/mol. The van der Waals surface area contributed by atoms with Crippen molar-refractivity contribution in [2.75, 3.05) is 145 Å². The Kier molecular flexibility index (Phi) is 54.4. The summed E-state index contributed by atoms with van der Waals surface area (Å²) < 4.78 is 135. The van der Waals surface area contributed by atoms with Crippen molar-refractivity contribution >= 4 is 104 Å². The summed E-state index contributed by atoms with van der Waals surface area (Å²) in [5, 5.41) is 28.5. The minimum Gasteiger partial charge on any atom is -0.463 e. The van der Waals surface area contributed by atoms with E-state index in [1.54, 1.807) is 0 Å². The summed E-state index contributed by atoms with van der Waals surface area (Å²) >= 11 is 0. The standard InChI is InChI=1S/C83H134N9O39P/c1-48(2)92(49(3)4)132(121-29-17-25-84)131-63-20-18-62(19-21-63)79(108)91-83(45-112-30-22-67(105)85-26-33-109-36-39-115-80-70(88-50(5)93)76(125-59(14)102)73(122-56(11)99)64(128-80)42-118-53(8)96,46-113-31-23-68(106)86-27-34-110-37-40-116-81-71(89-51(6)94)77(126-60(15)103)74(123-57(12)100)65(129-81)43-119-54(9)97)47-114-32-24-69(107)87-28-35-111-38-41-117-82-72(90-52(7)95)78(127-61(16)104)75(124-58(13)101)66(130-82)44-120-55(10)98/h48-49,62-66,70-78,80-82H,17-24,26-47H2,1-16H3,(H,85,105)(H,86,106)(H,87,107)(H,88,93)(H,89,94)(H,90,95)(H,91,108). The number of ether oxygens (including phenoxy) is 21. The average Bonchev–Trinajstić information content (AvgIpc) is 0.793. The van der Waals surface area contributed by atoms with Crippen molar-refractivity contribution in [3.8, 4) is 6.07 Å². The number of amides is 7. The van der Waals surface area contributed by atoms with Gasteiger partial charge in [0.05, 0.1) is 124 Å². The normalized spacial score (nSPS) is 24.1. The zero-order chi connectivity index (χ0) is 98.0. The highest BCUT2D eigenvalue weighted by Crippen LogP contribution is 2.49. The molecular formula is C83H134N9O39P. The Hall–Kier alpha value is -9.16. The van der Waals surface area contributed by atoms with Gasteiger partial charge in [-0.2, -0.15) is 5.26 Å². The van der Waals surface area contributed by atoms with E-state index in [4.69, 9.17) is 109 Å². The summed E-state index contributed by atoms with van der Waals surface area (Å²) in [5.74, 6) is -11.1. The molecule has 132 heavy (non-hydrogen) atoms. The van der Waals surface area contributed by atoms with E-state index in [0.29, 0.717) is 25.7 Å². The molecule has 16 atom stereocenters.